The van der Waals surface area contributed by atoms with Gasteiger partial charge in [0.1, 0.15) is 11.4 Å². The van der Waals surface area contributed by atoms with Gasteiger partial charge in [0, 0.05) is 13.1 Å². The Bertz CT molecular complexity index is 1610. The van der Waals surface area contributed by atoms with Gasteiger partial charge in [0.05, 0.1) is 26.7 Å². The molecule has 1 aliphatic heterocycles. The predicted molar refractivity (Wildman–Crippen MR) is 177 cm³/mol. The standard InChI is InChI=1S/C35H32Br2N2O5/c1-35(2,26-15-13-25(14-16-26)24-9-4-3-5-10-24)44-34(42)38-18-17-23-21-29(36)31(30(37)22-23)43-20-8-19-39-32(40)27-11-6-7-12-28(27)33(39)41/h3-7,9-16,21-22H,8,17-20H2,1-2H3,(H,38,42). The molecule has 0 aliphatic carbocycles. The number of imide groups is 1. The second-order valence-electron chi connectivity index (χ2n) is 10.9. The molecule has 4 aromatic rings. The average Bonchev–Trinajstić information content (AvgIpc) is 3.25. The van der Waals surface area contributed by atoms with Crippen molar-refractivity contribution in [3.63, 3.8) is 0 Å². The Hall–Kier alpha value is -3.95. The van der Waals surface area contributed by atoms with Gasteiger partial charge in [-0.1, -0.05) is 66.7 Å². The molecule has 5 rings (SSSR count). The topological polar surface area (TPSA) is 84.9 Å². The smallest absolute Gasteiger partial charge is 0.408 e. The van der Waals surface area contributed by atoms with Crippen molar-refractivity contribution >= 4 is 49.8 Å². The van der Waals surface area contributed by atoms with Gasteiger partial charge in [-0.05, 0) is 105 Å². The number of amides is 3. The maximum absolute atomic E-state index is 12.6. The van der Waals surface area contributed by atoms with E-state index >= 15 is 0 Å². The van der Waals surface area contributed by atoms with E-state index in [0.717, 1.165) is 31.2 Å². The Morgan fingerprint density at radius 1 is 0.818 bits per heavy atom. The van der Waals surface area contributed by atoms with Crippen molar-refractivity contribution in [2.75, 3.05) is 19.7 Å². The average molecular weight is 720 g/mol. The van der Waals surface area contributed by atoms with Gasteiger partial charge in [-0.25, -0.2) is 4.79 Å². The van der Waals surface area contributed by atoms with Crippen molar-refractivity contribution in [1.82, 2.24) is 10.2 Å². The molecule has 1 heterocycles. The Labute approximate surface area is 273 Å². The molecule has 0 bridgehead atoms. The third kappa shape index (κ3) is 7.22. The molecule has 0 unspecified atom stereocenters. The number of nitrogens with zero attached hydrogens (tertiary/aromatic N) is 1. The van der Waals surface area contributed by atoms with Crippen molar-refractivity contribution < 1.29 is 23.9 Å². The number of ether oxygens (including phenoxy) is 2. The summed E-state index contributed by atoms with van der Waals surface area (Å²) in [5, 5.41) is 2.85. The highest BCUT2D eigenvalue weighted by molar-refractivity contribution is 9.11. The molecule has 0 saturated heterocycles. The quantitative estimate of drug-likeness (QED) is 0.125. The number of halogens is 2. The number of carbonyl (C=O) groups is 3. The zero-order valence-corrected chi connectivity index (χ0v) is 27.6. The fourth-order valence-electron chi connectivity index (χ4n) is 5.06. The fraction of sp³-hybridized carbons (Fsp3) is 0.229. The summed E-state index contributed by atoms with van der Waals surface area (Å²) in [6, 6.07) is 28.9. The van der Waals surface area contributed by atoms with Crippen LogP contribution >= 0.6 is 31.9 Å². The minimum absolute atomic E-state index is 0.268. The van der Waals surface area contributed by atoms with E-state index in [9.17, 15) is 14.4 Å². The van der Waals surface area contributed by atoms with Gasteiger partial charge >= 0.3 is 6.09 Å². The first-order valence-corrected chi connectivity index (χ1v) is 15.9. The Kier molecular flexibility index (Phi) is 9.86. The minimum atomic E-state index is -0.802. The number of benzene rings is 4. The molecule has 0 radical (unpaired) electrons. The first-order valence-electron chi connectivity index (χ1n) is 14.3. The lowest BCUT2D eigenvalue weighted by molar-refractivity contribution is 0.0365. The second kappa shape index (κ2) is 13.8. The summed E-state index contributed by atoms with van der Waals surface area (Å²) < 4.78 is 13.2. The van der Waals surface area contributed by atoms with Crippen LogP contribution in [0.1, 0.15) is 52.1 Å². The van der Waals surface area contributed by atoms with E-state index in [1.165, 1.54) is 4.90 Å². The zero-order chi connectivity index (χ0) is 31.3. The van der Waals surface area contributed by atoms with E-state index in [4.69, 9.17) is 9.47 Å². The lowest BCUT2D eigenvalue weighted by Crippen LogP contribution is -2.34. The van der Waals surface area contributed by atoms with Crippen LogP contribution in [0.2, 0.25) is 0 Å². The van der Waals surface area contributed by atoms with Crippen molar-refractivity contribution in [2.24, 2.45) is 0 Å². The monoisotopic (exact) mass is 718 g/mol. The van der Waals surface area contributed by atoms with E-state index in [1.807, 2.05) is 68.4 Å². The van der Waals surface area contributed by atoms with Crippen LogP contribution in [0.5, 0.6) is 5.75 Å². The summed E-state index contributed by atoms with van der Waals surface area (Å²) in [7, 11) is 0. The summed E-state index contributed by atoms with van der Waals surface area (Å²) in [5.74, 6) is 0.0928. The molecule has 0 spiro atoms. The molecule has 0 atom stereocenters. The number of fused-ring (bicyclic) bond motifs is 1. The first-order chi connectivity index (χ1) is 21.1. The summed E-state index contributed by atoms with van der Waals surface area (Å²) in [5.41, 5.74) is 4.21. The van der Waals surface area contributed by atoms with Crippen molar-refractivity contribution in [3.05, 3.63) is 122 Å². The Morgan fingerprint density at radius 3 is 2.00 bits per heavy atom. The molecule has 0 aromatic heterocycles. The molecule has 0 saturated carbocycles. The van der Waals surface area contributed by atoms with Crippen molar-refractivity contribution in [1.29, 1.82) is 0 Å². The molecule has 7 nitrogen and oxygen atoms in total. The minimum Gasteiger partial charge on any atom is -0.491 e. The van der Waals surface area contributed by atoms with Gasteiger partial charge in [-0.3, -0.25) is 14.5 Å². The van der Waals surface area contributed by atoms with Crippen LogP contribution in [0.3, 0.4) is 0 Å². The summed E-state index contributed by atoms with van der Waals surface area (Å²) in [6.07, 6.45) is 0.586. The van der Waals surface area contributed by atoms with Crippen LogP contribution in [-0.2, 0) is 16.8 Å². The predicted octanol–water partition coefficient (Wildman–Crippen LogP) is 8.15. The number of hydrogen-bond donors (Lipinski definition) is 1. The van der Waals surface area contributed by atoms with Crippen molar-refractivity contribution in [3.8, 4) is 16.9 Å². The van der Waals surface area contributed by atoms with Gasteiger partial charge in [0.2, 0.25) is 0 Å². The highest BCUT2D eigenvalue weighted by Gasteiger charge is 2.34. The maximum Gasteiger partial charge on any atom is 0.408 e. The molecule has 1 N–H and O–H groups in total. The highest BCUT2D eigenvalue weighted by atomic mass is 79.9. The molecule has 3 amide bonds. The van der Waals surface area contributed by atoms with Gasteiger partial charge in [0.25, 0.3) is 11.8 Å². The van der Waals surface area contributed by atoms with Gasteiger partial charge in [-0.2, -0.15) is 0 Å². The fourth-order valence-corrected chi connectivity index (χ4v) is 6.57. The Balaban J connectivity index is 1.07. The van der Waals surface area contributed by atoms with Crippen LogP contribution in [-0.4, -0.2) is 42.5 Å². The van der Waals surface area contributed by atoms with E-state index in [0.29, 0.717) is 42.9 Å². The molecule has 4 aromatic carbocycles. The number of carbonyl (C=O) groups excluding carboxylic acids is 3. The molecule has 9 heteroatoms. The molecular weight excluding hydrogens is 688 g/mol. The van der Waals surface area contributed by atoms with Gasteiger partial charge in [0.15, 0.2) is 0 Å². The zero-order valence-electron chi connectivity index (χ0n) is 24.4. The van der Waals surface area contributed by atoms with Gasteiger partial charge < -0.3 is 14.8 Å². The number of nitrogens with one attached hydrogen (secondary N) is 1. The number of alkyl carbamates (subject to hydrolysis) is 1. The van der Waals surface area contributed by atoms with Crippen LogP contribution < -0.4 is 10.1 Å². The van der Waals surface area contributed by atoms with E-state index < -0.39 is 11.7 Å². The first kappa shape index (κ1) is 31.5. The molecular formula is C35H32Br2N2O5. The maximum atomic E-state index is 12.6. The molecule has 226 valence electrons. The van der Waals surface area contributed by atoms with Crippen molar-refractivity contribution in [2.45, 2.75) is 32.3 Å². The number of rotatable bonds is 11. The summed E-state index contributed by atoms with van der Waals surface area (Å²) in [4.78, 5) is 39.0. The third-order valence-electron chi connectivity index (χ3n) is 7.43. The van der Waals surface area contributed by atoms with E-state index in [2.05, 4.69) is 49.3 Å². The van der Waals surface area contributed by atoms with Crippen LogP contribution in [0.4, 0.5) is 4.79 Å². The normalized spacial score (nSPS) is 12.7. The largest absolute Gasteiger partial charge is 0.491 e. The molecule has 0 fully saturated rings. The SMILES string of the molecule is CC(C)(OC(=O)NCCc1cc(Br)c(OCCCN2C(=O)c3ccccc3C2=O)c(Br)c1)c1ccc(-c2ccccc2)cc1. The van der Waals surface area contributed by atoms with Gasteiger partial charge in [-0.15, -0.1) is 0 Å². The third-order valence-corrected chi connectivity index (χ3v) is 8.60. The van der Waals surface area contributed by atoms with Crippen LogP contribution in [0.15, 0.2) is 99.9 Å². The lowest BCUT2D eigenvalue weighted by atomic mass is 9.95. The highest BCUT2D eigenvalue weighted by Crippen LogP contribution is 2.35. The molecule has 44 heavy (non-hydrogen) atoms. The summed E-state index contributed by atoms with van der Waals surface area (Å²) in [6.45, 7) is 4.73. The molecule has 1 aliphatic rings. The summed E-state index contributed by atoms with van der Waals surface area (Å²) >= 11 is 7.15. The lowest BCUT2D eigenvalue weighted by Gasteiger charge is -2.26. The number of hydrogen-bond acceptors (Lipinski definition) is 5. The Morgan fingerprint density at radius 2 is 1.39 bits per heavy atom. The van der Waals surface area contributed by atoms with E-state index in [1.54, 1.807) is 24.3 Å². The second-order valence-corrected chi connectivity index (χ2v) is 12.6. The van der Waals surface area contributed by atoms with Crippen LogP contribution in [0, 0.1) is 0 Å². The van der Waals surface area contributed by atoms with Crippen LogP contribution in [0.25, 0.3) is 11.1 Å². The van der Waals surface area contributed by atoms with E-state index in [-0.39, 0.29) is 18.4 Å².